The Morgan fingerprint density at radius 1 is 1.19 bits per heavy atom. The summed E-state index contributed by atoms with van der Waals surface area (Å²) < 4.78 is 66.4. The highest BCUT2D eigenvalue weighted by atomic mass is 32.2. The van der Waals surface area contributed by atoms with Gasteiger partial charge < -0.3 is 10.1 Å². The highest BCUT2D eigenvalue weighted by Gasteiger charge is 2.47. The molecule has 0 aromatic heterocycles. The number of ether oxygens (including phenoxy) is 1. The van der Waals surface area contributed by atoms with Gasteiger partial charge in [-0.3, -0.25) is 0 Å². The van der Waals surface area contributed by atoms with Crippen molar-refractivity contribution in [2.75, 3.05) is 18.5 Å². The number of anilines is 1. The lowest BCUT2D eigenvalue weighted by atomic mass is 10.1. The van der Waals surface area contributed by atoms with Gasteiger partial charge in [0, 0.05) is 13.2 Å². The third-order valence-corrected chi connectivity index (χ3v) is 4.27. The first kappa shape index (κ1) is 17.8. The zero-order chi connectivity index (χ0) is 16.3. The fourth-order valence-corrected chi connectivity index (χ4v) is 2.66. The van der Waals surface area contributed by atoms with Gasteiger partial charge in [-0.05, 0) is 32.9 Å². The van der Waals surface area contributed by atoms with Crippen LogP contribution >= 0.6 is 0 Å². The Morgan fingerprint density at radius 3 is 2.29 bits per heavy atom. The second kappa shape index (κ2) is 6.23. The number of hydrogen-bond acceptors (Lipinski definition) is 4. The van der Waals surface area contributed by atoms with E-state index >= 15 is 0 Å². The first-order valence-corrected chi connectivity index (χ1v) is 7.78. The van der Waals surface area contributed by atoms with Crippen LogP contribution in [0.1, 0.15) is 20.8 Å². The molecule has 1 rings (SSSR count). The third-order valence-electron chi connectivity index (χ3n) is 2.72. The minimum atomic E-state index is -5.39. The van der Waals surface area contributed by atoms with Crippen LogP contribution in [0.2, 0.25) is 0 Å². The Kier molecular flexibility index (Phi) is 5.27. The van der Waals surface area contributed by atoms with Crippen LogP contribution in [0.15, 0.2) is 29.2 Å². The molecule has 120 valence electrons. The van der Waals surface area contributed by atoms with Gasteiger partial charge in [0.1, 0.15) is 0 Å². The van der Waals surface area contributed by atoms with E-state index < -0.39 is 25.8 Å². The maximum atomic E-state index is 12.7. The van der Waals surface area contributed by atoms with Crippen molar-refractivity contribution in [1.82, 2.24) is 0 Å². The van der Waals surface area contributed by atoms with Crippen LogP contribution in [0.4, 0.5) is 18.9 Å². The molecule has 0 unspecified atom stereocenters. The van der Waals surface area contributed by atoms with E-state index in [0.717, 1.165) is 6.07 Å². The van der Waals surface area contributed by atoms with E-state index in [9.17, 15) is 21.6 Å². The quantitative estimate of drug-likeness (QED) is 0.872. The van der Waals surface area contributed by atoms with Gasteiger partial charge >= 0.3 is 5.51 Å². The fourth-order valence-electron chi connectivity index (χ4n) is 1.72. The normalized spacial score (nSPS) is 13.2. The van der Waals surface area contributed by atoms with Gasteiger partial charge in [-0.1, -0.05) is 12.1 Å². The smallest absolute Gasteiger partial charge is 0.381 e. The lowest BCUT2D eigenvalue weighted by Gasteiger charge is -2.26. The highest BCUT2D eigenvalue weighted by Crippen LogP contribution is 2.34. The standard InChI is InChI=1S/C13H18F3NO3S/c1-4-20-12(2,3)9-17-10-7-5-6-8-11(10)21(18,19)13(14,15)16/h5-8,17H,4,9H2,1-3H3. The second-order valence-corrected chi connectivity index (χ2v) is 6.90. The predicted molar refractivity (Wildman–Crippen MR) is 73.9 cm³/mol. The van der Waals surface area contributed by atoms with Crippen LogP contribution in [-0.4, -0.2) is 32.7 Å². The first-order valence-electron chi connectivity index (χ1n) is 6.29. The lowest BCUT2D eigenvalue weighted by Crippen LogP contribution is -2.34. The van der Waals surface area contributed by atoms with Crippen molar-refractivity contribution in [3.8, 4) is 0 Å². The van der Waals surface area contributed by atoms with Gasteiger partial charge in [-0.15, -0.1) is 0 Å². The molecule has 21 heavy (non-hydrogen) atoms. The van der Waals surface area contributed by atoms with E-state index in [0.29, 0.717) is 6.61 Å². The summed E-state index contributed by atoms with van der Waals surface area (Å²) in [6, 6.07) is 4.93. The van der Waals surface area contributed by atoms with Crippen molar-refractivity contribution < 1.29 is 26.3 Å². The number of hydrogen-bond donors (Lipinski definition) is 1. The van der Waals surface area contributed by atoms with Gasteiger partial charge in [0.25, 0.3) is 9.84 Å². The first-order chi connectivity index (χ1) is 9.51. The Balaban J connectivity index is 3.07. The van der Waals surface area contributed by atoms with Gasteiger partial charge in [-0.2, -0.15) is 13.2 Å². The van der Waals surface area contributed by atoms with E-state index in [-0.39, 0.29) is 12.2 Å². The summed E-state index contributed by atoms with van der Waals surface area (Å²) in [6.45, 7) is 5.92. The van der Waals surface area contributed by atoms with E-state index in [4.69, 9.17) is 4.74 Å². The van der Waals surface area contributed by atoms with Crippen molar-refractivity contribution in [3.63, 3.8) is 0 Å². The molecule has 0 spiro atoms. The molecule has 0 saturated carbocycles. The summed E-state index contributed by atoms with van der Waals surface area (Å²) in [7, 11) is -5.39. The molecule has 0 aliphatic heterocycles. The number of benzene rings is 1. The van der Waals surface area contributed by atoms with Crippen molar-refractivity contribution in [2.45, 2.75) is 36.8 Å². The van der Waals surface area contributed by atoms with Gasteiger partial charge in [0.05, 0.1) is 16.2 Å². The minimum absolute atomic E-state index is 0.0948. The number of halogens is 3. The molecule has 0 amide bonds. The minimum Gasteiger partial charge on any atom is -0.381 e. The summed E-state index contributed by atoms with van der Waals surface area (Å²) in [5.74, 6) is 0. The SMILES string of the molecule is CCOC(C)(C)CNc1ccccc1S(=O)(=O)C(F)(F)F. The van der Waals surface area contributed by atoms with Crippen LogP contribution < -0.4 is 5.32 Å². The summed E-state index contributed by atoms with van der Waals surface area (Å²) in [5.41, 5.74) is -6.06. The Labute approximate surface area is 122 Å². The number of nitrogens with one attached hydrogen (secondary N) is 1. The van der Waals surface area contributed by atoms with E-state index in [1.165, 1.54) is 18.2 Å². The van der Waals surface area contributed by atoms with Crippen LogP contribution in [0, 0.1) is 0 Å². The molecular formula is C13H18F3NO3S. The molecule has 0 saturated heterocycles. The Bertz CT molecular complexity index is 583. The topological polar surface area (TPSA) is 55.4 Å². The van der Waals surface area contributed by atoms with Gasteiger partial charge in [0.2, 0.25) is 0 Å². The van der Waals surface area contributed by atoms with Crippen LogP contribution in [0.5, 0.6) is 0 Å². The number of sulfone groups is 1. The van der Waals surface area contributed by atoms with Gasteiger partial charge in [0.15, 0.2) is 0 Å². The van der Waals surface area contributed by atoms with Crippen molar-refractivity contribution in [2.24, 2.45) is 0 Å². The van der Waals surface area contributed by atoms with Crippen molar-refractivity contribution in [1.29, 1.82) is 0 Å². The summed E-state index contributed by atoms with van der Waals surface area (Å²) in [5, 5.41) is 2.71. The fraction of sp³-hybridized carbons (Fsp3) is 0.538. The summed E-state index contributed by atoms with van der Waals surface area (Å²) >= 11 is 0. The molecule has 1 aromatic rings. The zero-order valence-corrected chi connectivity index (χ0v) is 12.8. The van der Waals surface area contributed by atoms with Crippen LogP contribution in [-0.2, 0) is 14.6 Å². The molecule has 0 aliphatic rings. The average Bonchev–Trinajstić information content (AvgIpc) is 2.35. The molecule has 1 N–H and O–H groups in total. The maximum absolute atomic E-state index is 12.7. The van der Waals surface area contributed by atoms with Crippen LogP contribution in [0.3, 0.4) is 0 Å². The van der Waals surface area contributed by atoms with Gasteiger partial charge in [-0.25, -0.2) is 8.42 Å². The second-order valence-electron chi connectivity index (χ2n) is 4.99. The molecule has 0 radical (unpaired) electrons. The lowest BCUT2D eigenvalue weighted by molar-refractivity contribution is -0.0435. The number of rotatable bonds is 6. The van der Waals surface area contributed by atoms with E-state index in [1.54, 1.807) is 20.8 Å². The highest BCUT2D eigenvalue weighted by molar-refractivity contribution is 7.92. The predicted octanol–water partition coefficient (Wildman–Crippen LogP) is 3.21. The monoisotopic (exact) mass is 325 g/mol. The Morgan fingerprint density at radius 2 is 1.76 bits per heavy atom. The molecule has 4 nitrogen and oxygen atoms in total. The zero-order valence-electron chi connectivity index (χ0n) is 12.0. The molecule has 0 fully saturated rings. The van der Waals surface area contributed by atoms with Crippen LogP contribution in [0.25, 0.3) is 0 Å². The van der Waals surface area contributed by atoms with Crippen molar-refractivity contribution in [3.05, 3.63) is 24.3 Å². The Hall–Kier alpha value is -1.28. The average molecular weight is 325 g/mol. The van der Waals surface area contributed by atoms with Crippen molar-refractivity contribution >= 4 is 15.5 Å². The number of alkyl halides is 3. The summed E-state index contributed by atoms with van der Waals surface area (Å²) in [6.07, 6.45) is 0. The molecule has 0 bridgehead atoms. The molecule has 0 aliphatic carbocycles. The third kappa shape index (κ3) is 4.34. The molecule has 1 aromatic carbocycles. The molecular weight excluding hydrogens is 307 g/mol. The van der Waals surface area contributed by atoms with E-state index in [2.05, 4.69) is 5.32 Å². The molecule has 0 atom stereocenters. The summed E-state index contributed by atoms with van der Waals surface area (Å²) in [4.78, 5) is -0.787. The molecule has 0 heterocycles. The largest absolute Gasteiger partial charge is 0.501 e. The van der Waals surface area contributed by atoms with E-state index in [1.807, 2.05) is 0 Å². The molecule has 8 heteroatoms. The maximum Gasteiger partial charge on any atom is 0.501 e. The number of para-hydroxylation sites is 1.